The summed E-state index contributed by atoms with van der Waals surface area (Å²) in [6.45, 7) is 2.01. The van der Waals surface area contributed by atoms with Crippen molar-refractivity contribution in [1.29, 1.82) is 0 Å². The molecule has 0 aliphatic heterocycles. The third-order valence-electron chi connectivity index (χ3n) is 3.17. The van der Waals surface area contributed by atoms with Gasteiger partial charge in [0.15, 0.2) is 5.58 Å². The third kappa shape index (κ3) is 2.65. The van der Waals surface area contributed by atoms with Crippen molar-refractivity contribution in [3.63, 3.8) is 0 Å². The van der Waals surface area contributed by atoms with Gasteiger partial charge >= 0.3 is 0 Å². The van der Waals surface area contributed by atoms with Gasteiger partial charge in [0.2, 0.25) is 0 Å². The number of rotatable bonds is 5. The average molecular weight is 267 g/mol. The second kappa shape index (κ2) is 5.75. The lowest BCUT2D eigenvalue weighted by molar-refractivity contribution is 0.565. The first kappa shape index (κ1) is 12.7. The van der Waals surface area contributed by atoms with Crippen LogP contribution in [0.4, 0.5) is 6.01 Å². The maximum atomic E-state index is 5.81. The van der Waals surface area contributed by atoms with E-state index in [2.05, 4.69) is 22.0 Å². The first-order chi connectivity index (χ1) is 9.86. The molecule has 0 aliphatic carbocycles. The second-order valence-corrected chi connectivity index (χ2v) is 4.66. The van der Waals surface area contributed by atoms with Crippen LogP contribution in [0, 0.1) is 0 Å². The van der Waals surface area contributed by atoms with E-state index < -0.39 is 0 Å². The summed E-state index contributed by atoms with van der Waals surface area (Å²) in [5.41, 5.74) is 8.59. The second-order valence-electron chi connectivity index (χ2n) is 4.66. The van der Waals surface area contributed by atoms with E-state index in [1.165, 1.54) is 5.56 Å². The number of benzene rings is 2. The van der Waals surface area contributed by atoms with E-state index in [-0.39, 0.29) is 0 Å². The Balaban J connectivity index is 1.89. The number of nitrogens with two attached hydrogens (primary N) is 1. The van der Waals surface area contributed by atoms with Crippen LogP contribution in [-0.4, -0.2) is 18.1 Å². The van der Waals surface area contributed by atoms with Crippen LogP contribution in [-0.2, 0) is 6.54 Å². The molecule has 102 valence electrons. The standard InChI is InChI=1S/C16H17N3O/c17-10-11-19(12-13-6-2-1-3-7-13)16-18-14-8-4-5-9-15(14)20-16/h1-9H,10-12,17H2. The number of aromatic nitrogens is 1. The lowest BCUT2D eigenvalue weighted by Gasteiger charge is -2.19. The van der Waals surface area contributed by atoms with Crippen molar-refractivity contribution in [2.24, 2.45) is 5.73 Å². The normalized spacial score (nSPS) is 10.8. The zero-order valence-corrected chi connectivity index (χ0v) is 11.2. The molecule has 2 aromatic carbocycles. The fourth-order valence-electron chi connectivity index (χ4n) is 2.20. The monoisotopic (exact) mass is 267 g/mol. The summed E-state index contributed by atoms with van der Waals surface area (Å²) in [5.74, 6) is 0. The number of nitrogens with zero attached hydrogens (tertiary/aromatic N) is 2. The summed E-state index contributed by atoms with van der Waals surface area (Å²) in [4.78, 5) is 6.60. The van der Waals surface area contributed by atoms with Crippen LogP contribution in [0.15, 0.2) is 59.0 Å². The molecule has 0 unspecified atom stereocenters. The molecule has 4 nitrogen and oxygen atoms in total. The van der Waals surface area contributed by atoms with E-state index >= 15 is 0 Å². The number of oxazole rings is 1. The highest BCUT2D eigenvalue weighted by molar-refractivity contribution is 5.74. The lowest BCUT2D eigenvalue weighted by atomic mass is 10.2. The highest BCUT2D eigenvalue weighted by Gasteiger charge is 2.13. The van der Waals surface area contributed by atoms with Crippen LogP contribution in [0.5, 0.6) is 0 Å². The Morgan fingerprint density at radius 2 is 1.75 bits per heavy atom. The number of para-hydroxylation sites is 2. The molecule has 0 saturated heterocycles. The van der Waals surface area contributed by atoms with Crippen LogP contribution >= 0.6 is 0 Å². The van der Waals surface area contributed by atoms with Crippen LogP contribution < -0.4 is 10.6 Å². The fourth-order valence-corrected chi connectivity index (χ4v) is 2.20. The third-order valence-corrected chi connectivity index (χ3v) is 3.17. The van der Waals surface area contributed by atoms with E-state index in [0.29, 0.717) is 19.1 Å². The maximum absolute atomic E-state index is 5.81. The van der Waals surface area contributed by atoms with Crippen molar-refractivity contribution in [2.75, 3.05) is 18.0 Å². The Bertz CT molecular complexity index is 645. The lowest BCUT2D eigenvalue weighted by Crippen LogP contribution is -2.29. The summed E-state index contributed by atoms with van der Waals surface area (Å²) in [6.07, 6.45) is 0. The van der Waals surface area contributed by atoms with Crippen molar-refractivity contribution in [3.05, 3.63) is 60.2 Å². The van der Waals surface area contributed by atoms with Crippen molar-refractivity contribution in [2.45, 2.75) is 6.54 Å². The van der Waals surface area contributed by atoms with Crippen molar-refractivity contribution >= 4 is 17.1 Å². The fraction of sp³-hybridized carbons (Fsp3) is 0.188. The minimum absolute atomic E-state index is 0.561. The summed E-state index contributed by atoms with van der Waals surface area (Å²) in [5, 5.41) is 0. The summed E-state index contributed by atoms with van der Waals surface area (Å²) >= 11 is 0. The van der Waals surface area contributed by atoms with Crippen LogP contribution in [0.25, 0.3) is 11.1 Å². The van der Waals surface area contributed by atoms with Gasteiger partial charge < -0.3 is 15.1 Å². The Morgan fingerprint density at radius 3 is 2.50 bits per heavy atom. The molecule has 0 radical (unpaired) electrons. The topological polar surface area (TPSA) is 55.3 Å². The van der Waals surface area contributed by atoms with Gasteiger partial charge in [-0.15, -0.1) is 0 Å². The van der Waals surface area contributed by atoms with E-state index in [0.717, 1.165) is 17.6 Å². The van der Waals surface area contributed by atoms with Crippen molar-refractivity contribution < 1.29 is 4.42 Å². The molecular formula is C16H17N3O. The van der Waals surface area contributed by atoms with Gasteiger partial charge in [-0.2, -0.15) is 4.98 Å². The molecule has 2 N–H and O–H groups in total. The van der Waals surface area contributed by atoms with Crippen molar-refractivity contribution in [1.82, 2.24) is 4.98 Å². The molecule has 0 saturated carbocycles. The number of hydrogen-bond donors (Lipinski definition) is 1. The predicted octanol–water partition coefficient (Wildman–Crippen LogP) is 2.79. The zero-order valence-electron chi connectivity index (χ0n) is 11.2. The van der Waals surface area contributed by atoms with E-state index in [1.807, 2.05) is 42.5 Å². The van der Waals surface area contributed by atoms with Gasteiger partial charge in [-0.05, 0) is 17.7 Å². The zero-order chi connectivity index (χ0) is 13.8. The number of hydrogen-bond acceptors (Lipinski definition) is 4. The average Bonchev–Trinajstić information content (AvgIpc) is 2.92. The minimum Gasteiger partial charge on any atom is -0.423 e. The van der Waals surface area contributed by atoms with Gasteiger partial charge in [-0.25, -0.2) is 0 Å². The van der Waals surface area contributed by atoms with E-state index in [1.54, 1.807) is 0 Å². The number of fused-ring (bicyclic) bond motifs is 1. The van der Waals surface area contributed by atoms with Gasteiger partial charge in [0, 0.05) is 19.6 Å². The van der Waals surface area contributed by atoms with Gasteiger partial charge in [0.25, 0.3) is 6.01 Å². The summed E-state index contributed by atoms with van der Waals surface area (Å²) in [7, 11) is 0. The van der Waals surface area contributed by atoms with Crippen LogP contribution in [0.1, 0.15) is 5.56 Å². The van der Waals surface area contributed by atoms with Gasteiger partial charge in [-0.1, -0.05) is 42.5 Å². The molecule has 0 amide bonds. The van der Waals surface area contributed by atoms with Crippen LogP contribution in [0.3, 0.4) is 0 Å². The Morgan fingerprint density at radius 1 is 1.00 bits per heavy atom. The maximum Gasteiger partial charge on any atom is 0.298 e. The molecular weight excluding hydrogens is 250 g/mol. The van der Waals surface area contributed by atoms with Crippen LogP contribution in [0.2, 0.25) is 0 Å². The molecule has 3 rings (SSSR count). The van der Waals surface area contributed by atoms with Gasteiger partial charge in [0.05, 0.1) is 0 Å². The molecule has 0 atom stereocenters. The highest BCUT2D eigenvalue weighted by Crippen LogP contribution is 2.22. The Kier molecular flexibility index (Phi) is 3.65. The first-order valence-electron chi connectivity index (χ1n) is 6.71. The Labute approximate surface area is 117 Å². The number of anilines is 1. The predicted molar refractivity (Wildman–Crippen MR) is 80.6 cm³/mol. The highest BCUT2D eigenvalue weighted by atomic mass is 16.4. The van der Waals surface area contributed by atoms with Gasteiger partial charge in [0.1, 0.15) is 5.52 Å². The molecule has 1 aromatic heterocycles. The molecule has 3 aromatic rings. The molecule has 1 heterocycles. The molecule has 4 heteroatoms. The molecule has 0 bridgehead atoms. The first-order valence-corrected chi connectivity index (χ1v) is 6.71. The quantitative estimate of drug-likeness (QED) is 0.772. The molecule has 0 fully saturated rings. The summed E-state index contributed by atoms with van der Waals surface area (Å²) < 4.78 is 5.81. The van der Waals surface area contributed by atoms with Crippen molar-refractivity contribution in [3.8, 4) is 0 Å². The Hall–Kier alpha value is -2.33. The van der Waals surface area contributed by atoms with E-state index in [9.17, 15) is 0 Å². The van der Waals surface area contributed by atoms with Gasteiger partial charge in [-0.3, -0.25) is 0 Å². The molecule has 0 spiro atoms. The molecule has 20 heavy (non-hydrogen) atoms. The van der Waals surface area contributed by atoms with E-state index in [4.69, 9.17) is 10.2 Å². The smallest absolute Gasteiger partial charge is 0.298 e. The molecule has 0 aliphatic rings. The largest absolute Gasteiger partial charge is 0.423 e. The SMILES string of the molecule is NCCN(Cc1ccccc1)c1nc2ccccc2o1. The summed E-state index contributed by atoms with van der Waals surface area (Å²) in [6, 6.07) is 18.7. The minimum atomic E-state index is 0.561.